The van der Waals surface area contributed by atoms with Crippen LogP contribution in [-0.2, 0) is 13.5 Å². The summed E-state index contributed by atoms with van der Waals surface area (Å²) in [5.41, 5.74) is 8.08. The fourth-order valence-corrected chi connectivity index (χ4v) is 2.27. The van der Waals surface area contributed by atoms with Gasteiger partial charge in [0, 0.05) is 18.0 Å². The van der Waals surface area contributed by atoms with Crippen LogP contribution in [0.4, 0.5) is 0 Å². The first kappa shape index (κ1) is 11.4. The van der Waals surface area contributed by atoms with Crippen LogP contribution in [-0.4, -0.2) is 15.3 Å². The van der Waals surface area contributed by atoms with Crippen molar-refractivity contribution < 1.29 is 0 Å². The quantitative estimate of drug-likeness (QED) is 0.872. The zero-order chi connectivity index (χ0) is 11.9. The lowest BCUT2D eigenvalue weighted by molar-refractivity contribution is 0.517. The molecule has 0 saturated carbocycles. The van der Waals surface area contributed by atoms with Crippen LogP contribution >= 0.6 is 11.6 Å². The van der Waals surface area contributed by atoms with Crippen LogP contribution in [0.25, 0.3) is 10.9 Å². The van der Waals surface area contributed by atoms with Crippen molar-refractivity contribution in [1.29, 1.82) is 0 Å². The molecule has 0 saturated heterocycles. The predicted molar refractivity (Wildman–Crippen MR) is 67.7 cm³/mol. The number of aromatic nitrogens is 2. The summed E-state index contributed by atoms with van der Waals surface area (Å²) < 4.78 is 1.82. The topological polar surface area (TPSA) is 43.8 Å². The van der Waals surface area contributed by atoms with E-state index in [0.29, 0.717) is 5.15 Å². The van der Waals surface area contributed by atoms with E-state index in [-0.39, 0.29) is 5.54 Å². The summed E-state index contributed by atoms with van der Waals surface area (Å²) in [6, 6.07) is 6.06. The van der Waals surface area contributed by atoms with Crippen LogP contribution in [0, 0.1) is 0 Å². The molecule has 1 aromatic carbocycles. The van der Waals surface area contributed by atoms with E-state index in [9.17, 15) is 0 Å². The van der Waals surface area contributed by atoms with Crippen molar-refractivity contribution >= 4 is 22.5 Å². The SMILES string of the molecule is Cn1nc(Cl)c2cccc(CC(C)(C)N)c21. The molecule has 0 aliphatic heterocycles. The third-order valence-corrected chi connectivity index (χ3v) is 2.83. The largest absolute Gasteiger partial charge is 0.325 e. The van der Waals surface area contributed by atoms with Gasteiger partial charge in [-0.2, -0.15) is 5.10 Å². The van der Waals surface area contributed by atoms with Gasteiger partial charge in [-0.15, -0.1) is 0 Å². The predicted octanol–water partition coefficient (Wildman–Crippen LogP) is 2.51. The second kappa shape index (κ2) is 3.75. The van der Waals surface area contributed by atoms with Crippen LogP contribution in [0.5, 0.6) is 0 Å². The number of aryl methyl sites for hydroxylation is 1. The number of halogens is 1. The average Bonchev–Trinajstić information content (AvgIpc) is 2.41. The minimum Gasteiger partial charge on any atom is -0.325 e. The zero-order valence-electron chi connectivity index (χ0n) is 9.79. The van der Waals surface area contributed by atoms with Crippen molar-refractivity contribution in [1.82, 2.24) is 9.78 Å². The summed E-state index contributed by atoms with van der Waals surface area (Å²) >= 11 is 6.06. The fraction of sp³-hybridized carbons (Fsp3) is 0.417. The molecule has 2 rings (SSSR count). The number of hydrogen-bond donors (Lipinski definition) is 1. The summed E-state index contributed by atoms with van der Waals surface area (Å²) in [7, 11) is 1.90. The van der Waals surface area contributed by atoms with Gasteiger partial charge in [-0.25, -0.2) is 0 Å². The van der Waals surface area contributed by atoms with Gasteiger partial charge in [0.15, 0.2) is 5.15 Å². The Morgan fingerprint density at radius 2 is 2.12 bits per heavy atom. The van der Waals surface area contributed by atoms with Crippen LogP contribution in [0.2, 0.25) is 5.15 Å². The lowest BCUT2D eigenvalue weighted by atomic mass is 9.95. The number of para-hydroxylation sites is 1. The summed E-state index contributed by atoms with van der Waals surface area (Å²) in [6.07, 6.45) is 0.806. The maximum atomic E-state index is 6.06. The maximum Gasteiger partial charge on any atom is 0.158 e. The lowest BCUT2D eigenvalue weighted by Gasteiger charge is -2.19. The molecule has 2 aromatic rings. The summed E-state index contributed by atoms with van der Waals surface area (Å²) in [5, 5.41) is 5.76. The second-order valence-electron chi connectivity index (χ2n) is 4.89. The smallest absolute Gasteiger partial charge is 0.158 e. The van der Waals surface area contributed by atoms with Gasteiger partial charge < -0.3 is 5.73 Å². The zero-order valence-corrected chi connectivity index (χ0v) is 10.5. The fourth-order valence-electron chi connectivity index (χ4n) is 2.01. The Bertz CT molecular complexity index is 523. The molecular formula is C12H16ClN3. The molecule has 4 heteroatoms. The van der Waals surface area contributed by atoms with E-state index in [1.165, 1.54) is 5.56 Å². The maximum absolute atomic E-state index is 6.06. The van der Waals surface area contributed by atoms with E-state index in [4.69, 9.17) is 17.3 Å². The highest BCUT2D eigenvalue weighted by Gasteiger charge is 2.16. The number of hydrogen-bond acceptors (Lipinski definition) is 2. The van der Waals surface area contributed by atoms with Crippen molar-refractivity contribution in [3.8, 4) is 0 Å². The van der Waals surface area contributed by atoms with Crippen LogP contribution in [0.15, 0.2) is 18.2 Å². The molecule has 0 spiro atoms. The van der Waals surface area contributed by atoms with Gasteiger partial charge in [0.25, 0.3) is 0 Å². The van der Waals surface area contributed by atoms with E-state index >= 15 is 0 Å². The minimum absolute atomic E-state index is 0.231. The van der Waals surface area contributed by atoms with Crippen molar-refractivity contribution in [2.24, 2.45) is 12.8 Å². The Hall–Kier alpha value is -1.06. The highest BCUT2D eigenvalue weighted by atomic mass is 35.5. The number of fused-ring (bicyclic) bond motifs is 1. The van der Waals surface area contributed by atoms with E-state index in [2.05, 4.69) is 11.2 Å². The Morgan fingerprint density at radius 1 is 1.44 bits per heavy atom. The van der Waals surface area contributed by atoms with Gasteiger partial charge in [-0.1, -0.05) is 23.7 Å². The van der Waals surface area contributed by atoms with Crippen molar-refractivity contribution in [2.45, 2.75) is 25.8 Å². The summed E-state index contributed by atoms with van der Waals surface area (Å²) in [6.45, 7) is 4.04. The highest BCUT2D eigenvalue weighted by molar-refractivity contribution is 6.34. The van der Waals surface area contributed by atoms with Gasteiger partial charge >= 0.3 is 0 Å². The van der Waals surface area contributed by atoms with Crippen molar-refractivity contribution in [2.75, 3.05) is 0 Å². The molecule has 0 aliphatic carbocycles. The molecule has 0 atom stereocenters. The molecule has 0 amide bonds. The first-order chi connectivity index (χ1) is 7.38. The second-order valence-corrected chi connectivity index (χ2v) is 5.25. The molecule has 0 radical (unpaired) electrons. The van der Waals surface area contributed by atoms with Crippen molar-refractivity contribution in [3.05, 3.63) is 28.9 Å². The Morgan fingerprint density at radius 3 is 2.75 bits per heavy atom. The van der Waals surface area contributed by atoms with E-state index in [0.717, 1.165) is 17.3 Å². The minimum atomic E-state index is -0.231. The van der Waals surface area contributed by atoms with Gasteiger partial charge in [0.05, 0.1) is 5.52 Å². The molecule has 0 fully saturated rings. The Labute approximate surface area is 100 Å². The normalized spacial score (nSPS) is 12.3. The molecule has 0 bridgehead atoms. The van der Waals surface area contributed by atoms with E-state index < -0.39 is 0 Å². The van der Waals surface area contributed by atoms with Gasteiger partial charge in [-0.3, -0.25) is 4.68 Å². The molecule has 0 unspecified atom stereocenters. The van der Waals surface area contributed by atoms with Crippen LogP contribution < -0.4 is 5.73 Å². The third kappa shape index (κ3) is 2.06. The Balaban J connectivity index is 2.62. The molecule has 16 heavy (non-hydrogen) atoms. The first-order valence-corrected chi connectivity index (χ1v) is 5.65. The molecule has 3 nitrogen and oxygen atoms in total. The van der Waals surface area contributed by atoms with E-state index in [1.807, 2.05) is 37.7 Å². The van der Waals surface area contributed by atoms with E-state index in [1.54, 1.807) is 0 Å². The average molecular weight is 238 g/mol. The van der Waals surface area contributed by atoms with Crippen molar-refractivity contribution in [3.63, 3.8) is 0 Å². The molecule has 86 valence electrons. The monoisotopic (exact) mass is 237 g/mol. The number of nitrogens with zero attached hydrogens (tertiary/aromatic N) is 2. The van der Waals surface area contributed by atoms with Gasteiger partial charge in [-0.05, 0) is 31.9 Å². The molecule has 2 N–H and O–H groups in total. The first-order valence-electron chi connectivity index (χ1n) is 5.27. The van der Waals surface area contributed by atoms with Gasteiger partial charge in [0.1, 0.15) is 0 Å². The third-order valence-electron chi connectivity index (χ3n) is 2.55. The number of nitrogens with two attached hydrogens (primary N) is 1. The number of benzene rings is 1. The molecular weight excluding hydrogens is 222 g/mol. The summed E-state index contributed by atoms with van der Waals surface area (Å²) in [4.78, 5) is 0. The number of rotatable bonds is 2. The molecule has 1 heterocycles. The highest BCUT2D eigenvalue weighted by Crippen LogP contribution is 2.26. The lowest BCUT2D eigenvalue weighted by Crippen LogP contribution is -2.34. The summed E-state index contributed by atoms with van der Waals surface area (Å²) in [5.74, 6) is 0. The molecule has 0 aliphatic rings. The van der Waals surface area contributed by atoms with Crippen LogP contribution in [0.1, 0.15) is 19.4 Å². The van der Waals surface area contributed by atoms with Gasteiger partial charge in [0.2, 0.25) is 0 Å². The Kier molecular flexibility index (Phi) is 2.68. The molecule has 1 aromatic heterocycles. The standard InChI is InChI=1S/C12H16ClN3/c1-12(2,14)7-8-5-4-6-9-10(8)16(3)15-11(9)13/h4-6H,7,14H2,1-3H3. The van der Waals surface area contributed by atoms with Crippen LogP contribution in [0.3, 0.4) is 0 Å².